The number of amides is 1. The van der Waals surface area contributed by atoms with E-state index in [-0.39, 0.29) is 5.91 Å². The summed E-state index contributed by atoms with van der Waals surface area (Å²) in [6.45, 7) is 6.46. The maximum absolute atomic E-state index is 13.1. The van der Waals surface area contributed by atoms with Crippen LogP contribution >= 0.6 is 15.9 Å². The number of fused-ring (bicyclic) bond motifs is 1. The second-order valence-corrected chi connectivity index (χ2v) is 7.67. The van der Waals surface area contributed by atoms with E-state index in [4.69, 9.17) is 4.98 Å². The van der Waals surface area contributed by atoms with Gasteiger partial charge >= 0.3 is 0 Å². The molecule has 4 nitrogen and oxygen atoms in total. The summed E-state index contributed by atoms with van der Waals surface area (Å²) in [5.41, 5.74) is 2.84. The topological polar surface area (TPSA) is 38.1 Å². The maximum atomic E-state index is 13.1. The van der Waals surface area contributed by atoms with Gasteiger partial charge in [0.15, 0.2) is 0 Å². The lowest BCUT2D eigenvalue weighted by Gasteiger charge is -2.22. The highest BCUT2D eigenvalue weighted by molar-refractivity contribution is 9.10. The third-order valence-electron chi connectivity index (χ3n) is 4.65. The summed E-state index contributed by atoms with van der Waals surface area (Å²) in [5, 5.41) is 0. The average molecular weight is 428 g/mol. The molecule has 1 aromatic heterocycles. The number of carbonyl (C=O) groups is 1. The van der Waals surface area contributed by atoms with Crippen LogP contribution in [0.25, 0.3) is 11.0 Å². The highest BCUT2D eigenvalue weighted by atomic mass is 79.9. The number of benzene rings is 2. The summed E-state index contributed by atoms with van der Waals surface area (Å²) in [5.74, 6) is 1.01. The predicted molar refractivity (Wildman–Crippen MR) is 114 cm³/mol. The largest absolute Gasteiger partial charge is 0.331 e. The van der Waals surface area contributed by atoms with Crippen molar-refractivity contribution in [2.24, 2.45) is 0 Å². The average Bonchev–Trinajstić information content (AvgIpc) is 3.02. The summed E-state index contributed by atoms with van der Waals surface area (Å²) in [4.78, 5) is 19.8. The Balaban J connectivity index is 1.93. The van der Waals surface area contributed by atoms with Gasteiger partial charge in [-0.2, -0.15) is 0 Å². The molecule has 142 valence electrons. The number of hydrogen-bond donors (Lipinski definition) is 0. The summed E-state index contributed by atoms with van der Waals surface area (Å²) in [6, 6.07) is 15.8. The summed E-state index contributed by atoms with van der Waals surface area (Å²) < 4.78 is 3.19. The minimum absolute atomic E-state index is 0.0484. The summed E-state index contributed by atoms with van der Waals surface area (Å²) >= 11 is 3.46. The van der Waals surface area contributed by atoms with E-state index in [0.29, 0.717) is 18.7 Å². The SMILES string of the molecule is CCCCn1c(CN(CCC)C(=O)c2cccc(Br)c2)nc2ccccc21. The fraction of sp³-hybridized carbons (Fsp3) is 0.364. The van der Waals surface area contributed by atoms with Crippen molar-refractivity contribution in [2.75, 3.05) is 6.54 Å². The molecule has 1 heterocycles. The molecule has 3 aromatic rings. The van der Waals surface area contributed by atoms with Gasteiger partial charge in [0.25, 0.3) is 5.91 Å². The van der Waals surface area contributed by atoms with E-state index in [2.05, 4.69) is 40.4 Å². The standard InChI is InChI=1S/C22H26BrN3O/c1-3-5-14-26-20-12-7-6-11-19(20)24-21(26)16-25(13-4-2)22(27)17-9-8-10-18(23)15-17/h6-12,15H,3-5,13-14,16H2,1-2H3. The smallest absolute Gasteiger partial charge is 0.254 e. The minimum Gasteiger partial charge on any atom is -0.331 e. The molecule has 0 aliphatic rings. The van der Waals surface area contributed by atoms with Gasteiger partial charge in [-0.05, 0) is 43.2 Å². The van der Waals surface area contributed by atoms with Crippen LogP contribution in [0, 0.1) is 0 Å². The van der Waals surface area contributed by atoms with Gasteiger partial charge in [-0.25, -0.2) is 4.98 Å². The first-order chi connectivity index (χ1) is 13.1. The number of halogens is 1. The van der Waals surface area contributed by atoms with Crippen molar-refractivity contribution < 1.29 is 4.79 Å². The fourth-order valence-corrected chi connectivity index (χ4v) is 3.71. The second-order valence-electron chi connectivity index (χ2n) is 6.76. The van der Waals surface area contributed by atoms with E-state index >= 15 is 0 Å². The van der Waals surface area contributed by atoms with Crippen molar-refractivity contribution in [2.45, 2.75) is 46.2 Å². The molecule has 0 N–H and O–H groups in total. The van der Waals surface area contributed by atoms with Crippen molar-refractivity contribution in [3.63, 3.8) is 0 Å². The first-order valence-corrected chi connectivity index (χ1v) is 10.4. The highest BCUT2D eigenvalue weighted by Crippen LogP contribution is 2.20. The number of aryl methyl sites for hydroxylation is 1. The third-order valence-corrected chi connectivity index (χ3v) is 5.15. The molecule has 27 heavy (non-hydrogen) atoms. The Hall–Kier alpha value is -2.14. The Morgan fingerprint density at radius 2 is 1.93 bits per heavy atom. The molecule has 0 bridgehead atoms. The van der Waals surface area contributed by atoms with Crippen LogP contribution in [0.1, 0.15) is 49.3 Å². The van der Waals surface area contributed by atoms with Crippen LogP contribution in [-0.2, 0) is 13.1 Å². The molecule has 0 aliphatic carbocycles. The molecule has 0 saturated heterocycles. The summed E-state index contributed by atoms with van der Waals surface area (Å²) in [7, 11) is 0. The molecule has 2 aromatic carbocycles. The van der Waals surface area contributed by atoms with Crippen LogP contribution in [0.3, 0.4) is 0 Å². The van der Waals surface area contributed by atoms with Crippen LogP contribution in [0.5, 0.6) is 0 Å². The van der Waals surface area contributed by atoms with Crippen molar-refractivity contribution >= 4 is 32.9 Å². The van der Waals surface area contributed by atoms with Gasteiger partial charge < -0.3 is 9.47 Å². The van der Waals surface area contributed by atoms with E-state index in [1.807, 2.05) is 47.4 Å². The van der Waals surface area contributed by atoms with E-state index in [1.54, 1.807) is 0 Å². The number of rotatable bonds is 8. The molecule has 3 rings (SSSR count). The quantitative estimate of drug-likeness (QED) is 0.465. The van der Waals surface area contributed by atoms with E-state index in [9.17, 15) is 4.79 Å². The van der Waals surface area contributed by atoms with Crippen LogP contribution in [-0.4, -0.2) is 26.9 Å². The Morgan fingerprint density at radius 1 is 1.11 bits per heavy atom. The zero-order valence-electron chi connectivity index (χ0n) is 16.0. The zero-order valence-corrected chi connectivity index (χ0v) is 17.6. The Kier molecular flexibility index (Phi) is 6.67. The van der Waals surface area contributed by atoms with Crippen LogP contribution in [0.2, 0.25) is 0 Å². The molecular formula is C22H26BrN3O. The highest BCUT2D eigenvalue weighted by Gasteiger charge is 2.19. The van der Waals surface area contributed by atoms with Gasteiger partial charge in [-0.1, -0.05) is 54.4 Å². The molecule has 0 aliphatic heterocycles. The van der Waals surface area contributed by atoms with Gasteiger partial charge in [0.1, 0.15) is 5.82 Å². The lowest BCUT2D eigenvalue weighted by Crippen LogP contribution is -2.32. The lowest BCUT2D eigenvalue weighted by molar-refractivity contribution is 0.0737. The Bertz CT molecular complexity index is 919. The normalized spacial score (nSPS) is 11.1. The summed E-state index contributed by atoms with van der Waals surface area (Å²) in [6.07, 6.45) is 3.14. The van der Waals surface area contributed by atoms with Crippen molar-refractivity contribution in [1.29, 1.82) is 0 Å². The zero-order chi connectivity index (χ0) is 19.2. The Morgan fingerprint density at radius 3 is 2.67 bits per heavy atom. The van der Waals surface area contributed by atoms with E-state index in [1.165, 1.54) is 0 Å². The molecule has 0 fully saturated rings. The van der Waals surface area contributed by atoms with E-state index in [0.717, 1.165) is 47.1 Å². The Labute approximate surface area is 169 Å². The van der Waals surface area contributed by atoms with Gasteiger partial charge in [0.2, 0.25) is 0 Å². The van der Waals surface area contributed by atoms with Crippen LogP contribution < -0.4 is 0 Å². The number of hydrogen-bond acceptors (Lipinski definition) is 2. The van der Waals surface area contributed by atoms with Gasteiger partial charge in [-0.15, -0.1) is 0 Å². The molecule has 0 unspecified atom stereocenters. The lowest BCUT2D eigenvalue weighted by atomic mass is 10.2. The van der Waals surface area contributed by atoms with Gasteiger partial charge in [-0.3, -0.25) is 4.79 Å². The molecule has 0 saturated carbocycles. The molecule has 0 radical (unpaired) electrons. The molecule has 1 amide bonds. The number of imidazole rings is 1. The minimum atomic E-state index is 0.0484. The predicted octanol–water partition coefficient (Wildman–Crippen LogP) is 5.65. The molecule has 5 heteroatoms. The first kappa shape index (κ1) is 19.6. The van der Waals surface area contributed by atoms with Gasteiger partial charge in [0, 0.05) is 23.1 Å². The first-order valence-electron chi connectivity index (χ1n) is 9.63. The number of aromatic nitrogens is 2. The maximum Gasteiger partial charge on any atom is 0.254 e. The molecular weight excluding hydrogens is 402 g/mol. The second kappa shape index (κ2) is 9.18. The monoisotopic (exact) mass is 427 g/mol. The van der Waals surface area contributed by atoms with Crippen molar-refractivity contribution in [3.8, 4) is 0 Å². The van der Waals surface area contributed by atoms with Crippen LogP contribution in [0.15, 0.2) is 53.0 Å². The molecule has 0 atom stereocenters. The fourth-order valence-electron chi connectivity index (χ4n) is 3.31. The van der Waals surface area contributed by atoms with E-state index < -0.39 is 0 Å². The number of carbonyl (C=O) groups excluding carboxylic acids is 1. The van der Waals surface area contributed by atoms with Crippen molar-refractivity contribution in [3.05, 3.63) is 64.4 Å². The molecule has 0 spiro atoms. The third kappa shape index (κ3) is 4.59. The van der Waals surface area contributed by atoms with Crippen LogP contribution in [0.4, 0.5) is 0 Å². The number of unbranched alkanes of at least 4 members (excludes halogenated alkanes) is 1. The van der Waals surface area contributed by atoms with Crippen molar-refractivity contribution in [1.82, 2.24) is 14.5 Å². The van der Waals surface area contributed by atoms with Gasteiger partial charge in [0.05, 0.1) is 17.6 Å². The number of nitrogens with zero attached hydrogens (tertiary/aromatic N) is 3. The number of para-hydroxylation sites is 2.